The van der Waals surface area contributed by atoms with Gasteiger partial charge in [-0.1, -0.05) is 26.2 Å². The monoisotopic (exact) mass is 330 g/mol. The minimum absolute atomic E-state index is 0.000995. The van der Waals surface area contributed by atoms with E-state index in [1.807, 2.05) is 19.1 Å². The van der Waals surface area contributed by atoms with Crippen LogP contribution < -0.4 is 5.43 Å². The summed E-state index contributed by atoms with van der Waals surface area (Å²) in [6, 6.07) is 3.96. The molecule has 0 aromatic carbocycles. The van der Waals surface area contributed by atoms with Crippen LogP contribution in [0.25, 0.3) is 0 Å². The van der Waals surface area contributed by atoms with Gasteiger partial charge in [-0.15, -0.1) is 11.3 Å². The zero-order valence-corrected chi connectivity index (χ0v) is 13.2. The second-order valence-electron chi connectivity index (χ2n) is 4.15. The van der Waals surface area contributed by atoms with Crippen molar-refractivity contribution in [3.05, 3.63) is 20.8 Å². The lowest BCUT2D eigenvalue weighted by Crippen LogP contribution is -2.18. The van der Waals surface area contributed by atoms with Crippen molar-refractivity contribution >= 4 is 38.9 Å². The van der Waals surface area contributed by atoms with E-state index in [-0.39, 0.29) is 5.91 Å². The van der Waals surface area contributed by atoms with Crippen molar-refractivity contribution in [1.29, 1.82) is 0 Å². The molecule has 0 aliphatic heterocycles. The topological polar surface area (TPSA) is 41.5 Å². The van der Waals surface area contributed by atoms with Crippen molar-refractivity contribution in [3.8, 4) is 0 Å². The Morgan fingerprint density at radius 2 is 2.17 bits per heavy atom. The maximum absolute atomic E-state index is 11.5. The molecule has 0 spiro atoms. The predicted octanol–water partition coefficient (Wildman–Crippen LogP) is 4.32. The number of rotatable bonds is 7. The summed E-state index contributed by atoms with van der Waals surface area (Å²) in [6.45, 7) is 4.06. The van der Waals surface area contributed by atoms with Crippen LogP contribution in [0.2, 0.25) is 0 Å². The molecule has 0 saturated carbocycles. The van der Waals surface area contributed by atoms with Gasteiger partial charge in [-0.25, -0.2) is 5.43 Å². The van der Waals surface area contributed by atoms with Crippen molar-refractivity contribution in [3.63, 3.8) is 0 Å². The fraction of sp³-hybridized carbons (Fsp3) is 0.538. The Balaban J connectivity index is 2.32. The van der Waals surface area contributed by atoms with Crippen LogP contribution in [0.15, 0.2) is 21.0 Å². The second kappa shape index (κ2) is 8.43. The van der Waals surface area contributed by atoms with Gasteiger partial charge in [0.05, 0.1) is 14.4 Å². The first-order chi connectivity index (χ1) is 8.63. The van der Waals surface area contributed by atoms with E-state index in [1.54, 1.807) is 11.3 Å². The average molecular weight is 331 g/mol. The quantitative estimate of drug-likeness (QED) is 0.451. The molecule has 0 unspecified atom stereocenters. The zero-order chi connectivity index (χ0) is 13.4. The van der Waals surface area contributed by atoms with Crippen LogP contribution in [0.3, 0.4) is 0 Å². The van der Waals surface area contributed by atoms with Gasteiger partial charge in [0.2, 0.25) is 5.91 Å². The molecule has 0 fully saturated rings. The minimum atomic E-state index is 0.000995. The van der Waals surface area contributed by atoms with Gasteiger partial charge in [-0.3, -0.25) is 4.79 Å². The Hall–Kier alpha value is -0.680. The predicted molar refractivity (Wildman–Crippen MR) is 81.1 cm³/mol. The SMILES string of the molecule is CCCCCCC(=O)N/N=C(\C)c1ccc(Br)s1. The highest BCUT2D eigenvalue weighted by atomic mass is 79.9. The number of hydrogen-bond donors (Lipinski definition) is 1. The molecule has 3 nitrogen and oxygen atoms in total. The van der Waals surface area contributed by atoms with Crippen LogP contribution in [0.1, 0.15) is 50.8 Å². The number of halogens is 1. The third-order valence-corrected chi connectivity index (χ3v) is 4.27. The van der Waals surface area contributed by atoms with Crippen molar-refractivity contribution in [2.24, 2.45) is 5.10 Å². The third kappa shape index (κ3) is 5.78. The fourth-order valence-corrected chi connectivity index (χ4v) is 2.81. The number of thiophene rings is 1. The number of nitrogens with zero attached hydrogens (tertiary/aromatic N) is 1. The normalized spacial score (nSPS) is 11.6. The lowest BCUT2D eigenvalue weighted by Gasteiger charge is -2.01. The Morgan fingerprint density at radius 1 is 1.39 bits per heavy atom. The number of nitrogens with one attached hydrogen (secondary N) is 1. The largest absolute Gasteiger partial charge is 0.273 e. The van der Waals surface area contributed by atoms with E-state index in [2.05, 4.69) is 33.4 Å². The van der Waals surface area contributed by atoms with Crippen molar-refractivity contribution in [2.45, 2.75) is 46.0 Å². The van der Waals surface area contributed by atoms with E-state index >= 15 is 0 Å². The summed E-state index contributed by atoms with van der Waals surface area (Å²) in [5, 5.41) is 4.11. The Bertz CT molecular complexity index is 415. The zero-order valence-electron chi connectivity index (χ0n) is 10.8. The minimum Gasteiger partial charge on any atom is -0.273 e. The highest BCUT2D eigenvalue weighted by Crippen LogP contribution is 2.22. The van der Waals surface area contributed by atoms with Gasteiger partial charge in [0, 0.05) is 6.42 Å². The molecule has 1 heterocycles. The van der Waals surface area contributed by atoms with Crippen molar-refractivity contribution in [1.82, 2.24) is 5.43 Å². The molecular weight excluding hydrogens is 312 g/mol. The van der Waals surface area contributed by atoms with E-state index in [0.717, 1.165) is 27.2 Å². The number of hydrazone groups is 1. The van der Waals surface area contributed by atoms with Gasteiger partial charge in [-0.05, 0) is 41.4 Å². The van der Waals surface area contributed by atoms with Crippen molar-refractivity contribution in [2.75, 3.05) is 0 Å². The highest BCUT2D eigenvalue weighted by Gasteiger charge is 2.03. The third-order valence-electron chi connectivity index (χ3n) is 2.54. The molecule has 0 radical (unpaired) electrons. The summed E-state index contributed by atoms with van der Waals surface area (Å²) in [5.41, 5.74) is 3.45. The number of unbranched alkanes of at least 4 members (excludes halogenated alkanes) is 3. The summed E-state index contributed by atoms with van der Waals surface area (Å²) >= 11 is 5.01. The molecule has 0 aliphatic carbocycles. The summed E-state index contributed by atoms with van der Waals surface area (Å²) in [5.74, 6) is 0.000995. The summed E-state index contributed by atoms with van der Waals surface area (Å²) < 4.78 is 1.07. The van der Waals surface area contributed by atoms with Gasteiger partial charge < -0.3 is 0 Å². The van der Waals surface area contributed by atoms with E-state index in [9.17, 15) is 4.79 Å². The van der Waals surface area contributed by atoms with Gasteiger partial charge in [0.15, 0.2) is 0 Å². The first-order valence-electron chi connectivity index (χ1n) is 6.22. The second-order valence-corrected chi connectivity index (χ2v) is 6.61. The van der Waals surface area contributed by atoms with Crippen LogP contribution in [-0.4, -0.2) is 11.6 Å². The number of hydrogen-bond acceptors (Lipinski definition) is 3. The maximum atomic E-state index is 11.5. The fourth-order valence-electron chi connectivity index (χ4n) is 1.48. The Morgan fingerprint density at radius 3 is 2.78 bits per heavy atom. The Kier molecular flexibility index (Phi) is 7.20. The molecule has 0 atom stereocenters. The number of carbonyl (C=O) groups is 1. The van der Waals surface area contributed by atoms with Crippen LogP contribution in [-0.2, 0) is 4.79 Å². The lowest BCUT2D eigenvalue weighted by atomic mass is 10.1. The molecule has 1 rings (SSSR count). The smallest absolute Gasteiger partial charge is 0.240 e. The standard InChI is InChI=1S/C13H19BrN2OS/c1-3-4-5-6-7-13(17)16-15-10(2)11-8-9-12(14)18-11/h8-9H,3-7H2,1-2H3,(H,16,17)/b15-10+. The van der Waals surface area contributed by atoms with Gasteiger partial charge in [-0.2, -0.15) is 5.10 Å². The lowest BCUT2D eigenvalue weighted by molar-refractivity contribution is -0.121. The first kappa shape index (κ1) is 15.4. The van der Waals surface area contributed by atoms with Crippen LogP contribution in [0.4, 0.5) is 0 Å². The molecule has 18 heavy (non-hydrogen) atoms. The van der Waals surface area contributed by atoms with Crippen LogP contribution in [0, 0.1) is 0 Å². The molecule has 0 bridgehead atoms. The van der Waals surface area contributed by atoms with Crippen LogP contribution in [0.5, 0.6) is 0 Å². The summed E-state index contributed by atoms with van der Waals surface area (Å²) in [4.78, 5) is 12.6. The number of amides is 1. The van der Waals surface area contributed by atoms with Gasteiger partial charge in [0.1, 0.15) is 0 Å². The maximum Gasteiger partial charge on any atom is 0.240 e. The van der Waals surface area contributed by atoms with E-state index in [0.29, 0.717) is 6.42 Å². The van der Waals surface area contributed by atoms with E-state index in [4.69, 9.17) is 0 Å². The molecule has 0 saturated heterocycles. The number of carbonyl (C=O) groups excluding carboxylic acids is 1. The van der Waals surface area contributed by atoms with Gasteiger partial charge in [0.25, 0.3) is 0 Å². The summed E-state index contributed by atoms with van der Waals surface area (Å²) in [6.07, 6.45) is 5.00. The highest BCUT2D eigenvalue weighted by molar-refractivity contribution is 9.11. The molecular formula is C13H19BrN2OS. The first-order valence-corrected chi connectivity index (χ1v) is 7.83. The molecule has 100 valence electrons. The molecule has 1 aromatic heterocycles. The molecule has 1 amide bonds. The molecule has 5 heteroatoms. The van der Waals surface area contributed by atoms with Crippen molar-refractivity contribution < 1.29 is 4.79 Å². The average Bonchev–Trinajstić information content (AvgIpc) is 2.78. The van der Waals surface area contributed by atoms with E-state index < -0.39 is 0 Å². The van der Waals surface area contributed by atoms with Crippen LogP contribution >= 0.6 is 27.3 Å². The Labute approximate surface area is 121 Å². The van der Waals surface area contributed by atoms with Gasteiger partial charge >= 0.3 is 0 Å². The van der Waals surface area contributed by atoms with E-state index in [1.165, 1.54) is 12.8 Å². The molecule has 1 aromatic rings. The molecule has 1 N–H and O–H groups in total. The molecule has 0 aliphatic rings. The summed E-state index contributed by atoms with van der Waals surface area (Å²) in [7, 11) is 0.